The van der Waals surface area contributed by atoms with E-state index in [2.05, 4.69) is 16.3 Å². The van der Waals surface area contributed by atoms with E-state index in [4.69, 9.17) is 16.9 Å². The van der Waals surface area contributed by atoms with Crippen LogP contribution in [0.3, 0.4) is 0 Å². The summed E-state index contributed by atoms with van der Waals surface area (Å²) in [7, 11) is 0. The molecule has 6 nitrogen and oxygen atoms in total. The van der Waals surface area contributed by atoms with Crippen molar-refractivity contribution in [2.24, 2.45) is 5.92 Å². The molecule has 1 aromatic carbocycles. The van der Waals surface area contributed by atoms with Crippen LogP contribution in [0.5, 0.6) is 0 Å². The minimum Gasteiger partial charge on any atom is -0.265 e. The lowest BCUT2D eigenvalue weighted by Gasteiger charge is -2.04. The zero-order valence-electron chi connectivity index (χ0n) is 12.4. The predicted molar refractivity (Wildman–Crippen MR) is 85.1 cm³/mol. The maximum atomic E-state index is 13.8. The van der Waals surface area contributed by atoms with Crippen molar-refractivity contribution in [1.29, 1.82) is 5.26 Å². The number of rotatable bonds is 3. The van der Waals surface area contributed by atoms with Gasteiger partial charge in [0.15, 0.2) is 5.52 Å². The van der Waals surface area contributed by atoms with Gasteiger partial charge in [-0.2, -0.15) is 15.5 Å². The van der Waals surface area contributed by atoms with Gasteiger partial charge in [0.1, 0.15) is 11.0 Å². The topological polar surface area (TPSA) is 76.5 Å². The summed E-state index contributed by atoms with van der Waals surface area (Å²) in [6, 6.07) is 8.23. The molecule has 0 radical (unpaired) electrons. The molecule has 0 amide bonds. The smallest absolute Gasteiger partial charge is 0.265 e. The van der Waals surface area contributed by atoms with E-state index in [0.29, 0.717) is 17.4 Å². The van der Waals surface area contributed by atoms with E-state index in [1.54, 1.807) is 18.2 Å². The average Bonchev–Trinajstić information content (AvgIpc) is 3.29. The number of hydrogen-bond acceptors (Lipinski definition) is 4. The Kier molecular flexibility index (Phi) is 3.36. The summed E-state index contributed by atoms with van der Waals surface area (Å²) in [5.41, 5.74) is 0.214. The van der Waals surface area contributed by atoms with Crippen LogP contribution in [0, 0.1) is 23.1 Å². The fourth-order valence-corrected chi connectivity index (χ4v) is 2.96. The van der Waals surface area contributed by atoms with Crippen LogP contribution in [-0.2, 0) is 6.54 Å². The second-order valence-electron chi connectivity index (χ2n) is 5.74. The average molecular weight is 344 g/mol. The number of benzene rings is 1. The van der Waals surface area contributed by atoms with Crippen molar-refractivity contribution in [3.8, 4) is 6.07 Å². The molecule has 3 aromatic rings. The molecule has 0 bridgehead atoms. The minimum atomic E-state index is -0.385. The van der Waals surface area contributed by atoms with E-state index in [9.17, 15) is 9.18 Å². The Balaban J connectivity index is 1.78. The molecule has 0 saturated heterocycles. The van der Waals surface area contributed by atoms with Gasteiger partial charge in [-0.05, 0) is 12.5 Å². The van der Waals surface area contributed by atoms with E-state index < -0.39 is 0 Å². The zero-order valence-corrected chi connectivity index (χ0v) is 13.1. The van der Waals surface area contributed by atoms with E-state index in [1.807, 2.05) is 0 Å². The molecule has 2 heterocycles. The summed E-state index contributed by atoms with van der Waals surface area (Å²) < 4.78 is 16.5. The molecule has 0 N–H and O–H groups in total. The van der Waals surface area contributed by atoms with Crippen LogP contribution in [0.1, 0.15) is 18.0 Å². The van der Waals surface area contributed by atoms with Crippen molar-refractivity contribution < 1.29 is 4.39 Å². The van der Waals surface area contributed by atoms with Crippen LogP contribution in [-0.4, -0.2) is 19.6 Å². The number of halogens is 2. The molecule has 4 rings (SSSR count). The Labute approximate surface area is 140 Å². The van der Waals surface area contributed by atoms with Crippen molar-refractivity contribution in [2.75, 3.05) is 0 Å². The molecule has 2 aromatic heterocycles. The summed E-state index contributed by atoms with van der Waals surface area (Å²) in [6.07, 6.45) is 2.08. The summed E-state index contributed by atoms with van der Waals surface area (Å²) in [4.78, 5) is 12.5. The molecule has 1 aliphatic carbocycles. The molecule has 1 saturated carbocycles. The third kappa shape index (κ3) is 2.27. The highest BCUT2D eigenvalue weighted by molar-refractivity contribution is 6.34. The molecule has 2 atom stereocenters. The summed E-state index contributed by atoms with van der Waals surface area (Å²) in [5.74, 6) is -0.554. The standard InChI is InChI=1S/C16H11ClFN5O/c17-15-11-7-20-23(13-5-10(13)6-19)16(24)14(11)21-22(15)8-9-3-1-2-4-12(9)18/h1-4,7,10,13H,5,8H2. The van der Waals surface area contributed by atoms with E-state index in [1.165, 1.54) is 21.6 Å². The molecular weight excluding hydrogens is 333 g/mol. The van der Waals surface area contributed by atoms with Crippen LogP contribution in [0.15, 0.2) is 35.3 Å². The molecule has 0 spiro atoms. The first-order valence-electron chi connectivity index (χ1n) is 7.37. The molecule has 1 fully saturated rings. The van der Waals surface area contributed by atoms with Gasteiger partial charge in [-0.15, -0.1) is 0 Å². The SMILES string of the molecule is N#CC1CC1n1ncc2c(Cl)n(Cc3ccccc3F)nc2c1=O. The van der Waals surface area contributed by atoms with Crippen molar-refractivity contribution in [3.63, 3.8) is 0 Å². The number of hydrogen-bond donors (Lipinski definition) is 0. The Morgan fingerprint density at radius 2 is 2.21 bits per heavy atom. The third-order valence-electron chi connectivity index (χ3n) is 4.16. The predicted octanol–water partition coefficient (Wildman–Crippen LogP) is 2.52. The molecule has 0 aliphatic heterocycles. The first kappa shape index (κ1) is 14.8. The van der Waals surface area contributed by atoms with Gasteiger partial charge in [0, 0.05) is 5.56 Å². The lowest BCUT2D eigenvalue weighted by molar-refractivity contribution is 0.581. The van der Waals surface area contributed by atoms with Crippen molar-refractivity contribution in [3.05, 3.63) is 57.3 Å². The van der Waals surface area contributed by atoms with Crippen LogP contribution in [0.25, 0.3) is 10.9 Å². The zero-order chi connectivity index (χ0) is 16.8. The van der Waals surface area contributed by atoms with Gasteiger partial charge >= 0.3 is 0 Å². The minimum absolute atomic E-state index is 0.115. The van der Waals surface area contributed by atoms with Gasteiger partial charge in [0.2, 0.25) is 0 Å². The summed E-state index contributed by atoms with van der Waals surface area (Å²) in [6.45, 7) is 0.115. The Bertz CT molecular complexity index is 1050. The number of fused-ring (bicyclic) bond motifs is 1. The van der Waals surface area contributed by atoms with Crippen LogP contribution >= 0.6 is 11.6 Å². The Morgan fingerprint density at radius 1 is 1.42 bits per heavy atom. The molecule has 2 unspecified atom stereocenters. The first-order chi connectivity index (χ1) is 11.6. The van der Waals surface area contributed by atoms with Crippen molar-refractivity contribution in [1.82, 2.24) is 19.6 Å². The monoisotopic (exact) mass is 343 g/mol. The van der Waals surface area contributed by atoms with Gasteiger partial charge in [-0.25, -0.2) is 13.8 Å². The highest BCUT2D eigenvalue weighted by atomic mass is 35.5. The molecular formula is C16H11ClFN5O. The normalized spacial score (nSPS) is 19.4. The fraction of sp³-hybridized carbons (Fsp3) is 0.250. The van der Waals surface area contributed by atoms with Gasteiger partial charge in [-0.1, -0.05) is 29.8 Å². The largest absolute Gasteiger partial charge is 0.295 e. The maximum absolute atomic E-state index is 13.8. The molecule has 24 heavy (non-hydrogen) atoms. The Hall–Kier alpha value is -2.72. The van der Waals surface area contributed by atoms with Gasteiger partial charge in [0.05, 0.1) is 36.2 Å². The van der Waals surface area contributed by atoms with Crippen LogP contribution in [0.2, 0.25) is 5.15 Å². The fourth-order valence-electron chi connectivity index (χ4n) is 2.73. The lowest BCUT2D eigenvalue weighted by Crippen LogP contribution is -2.22. The molecule has 120 valence electrons. The van der Waals surface area contributed by atoms with Gasteiger partial charge in [0.25, 0.3) is 5.56 Å². The summed E-state index contributed by atoms with van der Waals surface area (Å²) in [5, 5.41) is 17.9. The highest BCUT2D eigenvalue weighted by Crippen LogP contribution is 2.41. The third-order valence-corrected chi connectivity index (χ3v) is 4.56. The lowest BCUT2D eigenvalue weighted by atomic mass is 10.2. The van der Waals surface area contributed by atoms with Crippen molar-refractivity contribution >= 4 is 22.5 Å². The maximum Gasteiger partial charge on any atom is 0.295 e. The van der Waals surface area contributed by atoms with E-state index in [-0.39, 0.29) is 40.6 Å². The van der Waals surface area contributed by atoms with Gasteiger partial charge < -0.3 is 0 Å². The second kappa shape index (κ2) is 5.42. The van der Waals surface area contributed by atoms with Crippen molar-refractivity contribution in [2.45, 2.75) is 19.0 Å². The van der Waals surface area contributed by atoms with E-state index >= 15 is 0 Å². The Morgan fingerprint density at radius 3 is 2.92 bits per heavy atom. The highest BCUT2D eigenvalue weighted by Gasteiger charge is 2.41. The van der Waals surface area contributed by atoms with Crippen LogP contribution < -0.4 is 5.56 Å². The quantitative estimate of drug-likeness (QED) is 0.732. The number of nitrogens with zero attached hydrogens (tertiary/aromatic N) is 5. The van der Waals surface area contributed by atoms with Crippen LogP contribution in [0.4, 0.5) is 4.39 Å². The second-order valence-corrected chi connectivity index (χ2v) is 6.09. The molecule has 8 heteroatoms. The number of nitriles is 1. The first-order valence-corrected chi connectivity index (χ1v) is 7.75. The van der Waals surface area contributed by atoms with E-state index in [0.717, 1.165) is 0 Å². The van der Waals surface area contributed by atoms with Gasteiger partial charge in [-0.3, -0.25) is 4.79 Å². The number of aromatic nitrogens is 4. The molecule has 1 aliphatic rings. The summed E-state index contributed by atoms with van der Waals surface area (Å²) >= 11 is 6.27.